The van der Waals surface area contributed by atoms with Crippen LogP contribution in [0.2, 0.25) is 5.02 Å². The zero-order chi connectivity index (χ0) is 20.5. The molecule has 0 fully saturated rings. The van der Waals surface area contributed by atoms with Crippen molar-refractivity contribution >= 4 is 29.2 Å². The zero-order valence-corrected chi connectivity index (χ0v) is 13.3. The summed E-state index contributed by atoms with van der Waals surface area (Å²) in [4.78, 5) is 10.0. The number of halogens is 8. The van der Waals surface area contributed by atoms with Gasteiger partial charge in [-0.05, 0) is 12.1 Å². The first kappa shape index (κ1) is 20.4. The predicted octanol–water partition coefficient (Wildman–Crippen LogP) is 5.27. The van der Waals surface area contributed by atoms with Gasteiger partial charge in [0.1, 0.15) is 11.3 Å². The molecule has 2 rings (SSSR count). The van der Waals surface area contributed by atoms with Crippen LogP contribution < -0.4 is 5.43 Å². The fraction of sp³-hybridized carbons (Fsp3) is 0.0714. The second-order valence-electron chi connectivity index (χ2n) is 4.83. The lowest BCUT2D eigenvalue weighted by molar-refractivity contribution is -0.385. The van der Waals surface area contributed by atoms with Gasteiger partial charge in [-0.25, -0.2) is 17.6 Å². The van der Waals surface area contributed by atoms with Crippen molar-refractivity contribution in [1.82, 2.24) is 0 Å². The largest absolute Gasteiger partial charge is 0.422 e. The number of nitro groups is 1. The first-order chi connectivity index (χ1) is 12.4. The summed E-state index contributed by atoms with van der Waals surface area (Å²) < 4.78 is 91.8. The second kappa shape index (κ2) is 7.39. The van der Waals surface area contributed by atoms with E-state index in [4.69, 9.17) is 11.6 Å². The standard InChI is InChI=1S/C14H5ClF7N3O2/c15-6-1-2-7(25(26)27)5(3-6)4-23-24-13-11(18)9(16)8(14(20,21)22)10(17)12(13)19/h1-4,24H/b23-4+. The average molecular weight is 416 g/mol. The molecule has 2 aromatic rings. The van der Waals surface area contributed by atoms with Gasteiger partial charge in [0.15, 0.2) is 23.3 Å². The molecule has 0 saturated carbocycles. The van der Waals surface area contributed by atoms with E-state index in [-0.39, 0.29) is 10.6 Å². The monoisotopic (exact) mass is 415 g/mol. The Morgan fingerprint density at radius 2 is 1.63 bits per heavy atom. The molecule has 13 heteroatoms. The Bertz CT molecular complexity index is 918. The first-order valence-electron chi connectivity index (χ1n) is 6.61. The maximum Gasteiger partial charge on any atom is 0.422 e. The van der Waals surface area contributed by atoms with Gasteiger partial charge in [-0.15, -0.1) is 0 Å². The summed E-state index contributed by atoms with van der Waals surface area (Å²) in [5, 5.41) is 14.0. The van der Waals surface area contributed by atoms with E-state index in [1.165, 1.54) is 11.5 Å². The Morgan fingerprint density at radius 3 is 2.11 bits per heavy atom. The number of hydrogen-bond acceptors (Lipinski definition) is 4. The van der Waals surface area contributed by atoms with Crippen LogP contribution in [0.15, 0.2) is 23.3 Å². The van der Waals surface area contributed by atoms with Crippen molar-refractivity contribution in [2.24, 2.45) is 5.10 Å². The number of rotatable bonds is 4. The number of hydrogen-bond donors (Lipinski definition) is 1. The van der Waals surface area contributed by atoms with Gasteiger partial charge in [0.05, 0.1) is 16.7 Å². The summed E-state index contributed by atoms with van der Waals surface area (Å²) in [5.74, 6) is -10.1. The number of nitrogens with zero attached hydrogens (tertiary/aromatic N) is 2. The molecule has 5 nitrogen and oxygen atoms in total. The van der Waals surface area contributed by atoms with Gasteiger partial charge in [0.25, 0.3) is 5.69 Å². The minimum Gasteiger partial charge on any atom is -0.272 e. The molecule has 144 valence electrons. The highest BCUT2D eigenvalue weighted by Gasteiger charge is 2.42. The van der Waals surface area contributed by atoms with Gasteiger partial charge < -0.3 is 0 Å². The molecule has 0 radical (unpaired) electrons. The van der Waals surface area contributed by atoms with E-state index in [1.807, 2.05) is 0 Å². The summed E-state index contributed by atoms with van der Waals surface area (Å²) in [6, 6.07) is 3.21. The molecule has 0 aliphatic rings. The van der Waals surface area contributed by atoms with Crippen LogP contribution in [-0.4, -0.2) is 11.1 Å². The molecule has 27 heavy (non-hydrogen) atoms. The lowest BCUT2D eigenvalue weighted by atomic mass is 10.1. The van der Waals surface area contributed by atoms with Gasteiger partial charge in [-0.2, -0.15) is 18.3 Å². The minimum absolute atomic E-state index is 0.0334. The molecule has 0 bridgehead atoms. The van der Waals surface area contributed by atoms with Crippen LogP contribution in [0.3, 0.4) is 0 Å². The number of anilines is 1. The molecule has 0 saturated heterocycles. The number of benzene rings is 2. The normalized spacial score (nSPS) is 11.9. The highest BCUT2D eigenvalue weighted by Crippen LogP contribution is 2.38. The smallest absolute Gasteiger partial charge is 0.272 e. The van der Waals surface area contributed by atoms with Crippen molar-refractivity contribution in [2.75, 3.05) is 5.43 Å². The van der Waals surface area contributed by atoms with Crippen molar-refractivity contribution in [3.8, 4) is 0 Å². The lowest BCUT2D eigenvalue weighted by Crippen LogP contribution is -2.16. The van der Waals surface area contributed by atoms with Crippen LogP contribution in [0, 0.1) is 33.4 Å². The molecular weight excluding hydrogens is 411 g/mol. The Labute approximate surface area is 150 Å². The fourth-order valence-electron chi connectivity index (χ4n) is 1.94. The van der Waals surface area contributed by atoms with E-state index in [9.17, 15) is 40.8 Å². The van der Waals surface area contributed by atoms with Crippen molar-refractivity contribution in [1.29, 1.82) is 0 Å². The van der Waals surface area contributed by atoms with Crippen LogP contribution in [0.25, 0.3) is 0 Å². The van der Waals surface area contributed by atoms with E-state index < -0.39 is 51.3 Å². The Hall–Kier alpha value is -2.89. The Morgan fingerprint density at radius 1 is 1.07 bits per heavy atom. The maximum atomic E-state index is 13.7. The van der Waals surface area contributed by atoms with Crippen LogP contribution in [-0.2, 0) is 6.18 Å². The first-order valence-corrected chi connectivity index (χ1v) is 6.99. The molecule has 0 atom stereocenters. The fourth-order valence-corrected chi connectivity index (χ4v) is 2.12. The summed E-state index contributed by atoms with van der Waals surface area (Å²) in [5.41, 5.74) is -3.68. The minimum atomic E-state index is -5.68. The van der Waals surface area contributed by atoms with Crippen molar-refractivity contribution in [2.45, 2.75) is 6.18 Å². The van der Waals surface area contributed by atoms with E-state index in [2.05, 4.69) is 5.10 Å². The van der Waals surface area contributed by atoms with E-state index in [0.717, 1.165) is 12.1 Å². The van der Waals surface area contributed by atoms with E-state index >= 15 is 0 Å². The van der Waals surface area contributed by atoms with Crippen molar-refractivity contribution < 1.29 is 35.7 Å². The molecule has 0 amide bonds. The van der Waals surface area contributed by atoms with Crippen molar-refractivity contribution in [3.05, 3.63) is 67.7 Å². The van der Waals surface area contributed by atoms with Gasteiger partial charge in [-0.3, -0.25) is 15.5 Å². The van der Waals surface area contributed by atoms with Crippen LogP contribution in [0.5, 0.6) is 0 Å². The third-order valence-corrected chi connectivity index (χ3v) is 3.35. The number of hydrazone groups is 1. The third kappa shape index (κ3) is 4.10. The molecule has 0 unspecified atom stereocenters. The van der Waals surface area contributed by atoms with Gasteiger partial charge in [0.2, 0.25) is 0 Å². The topological polar surface area (TPSA) is 67.5 Å². The number of alkyl halides is 3. The van der Waals surface area contributed by atoms with Crippen LogP contribution >= 0.6 is 11.6 Å². The number of nitrogens with one attached hydrogen (secondary N) is 1. The molecule has 0 spiro atoms. The summed E-state index contributed by atoms with van der Waals surface area (Å²) in [6.07, 6.45) is -5.05. The molecule has 0 aliphatic heterocycles. The van der Waals surface area contributed by atoms with E-state index in [0.29, 0.717) is 6.21 Å². The SMILES string of the molecule is O=[N+]([O-])c1ccc(Cl)cc1/C=N/Nc1c(F)c(F)c(C(F)(F)F)c(F)c1F. The Balaban J connectivity index is 2.44. The molecular formula is C14H5ClF7N3O2. The zero-order valence-electron chi connectivity index (χ0n) is 12.5. The molecule has 2 aromatic carbocycles. The Kier molecular flexibility index (Phi) is 5.59. The highest BCUT2D eigenvalue weighted by atomic mass is 35.5. The van der Waals surface area contributed by atoms with Gasteiger partial charge in [0, 0.05) is 11.1 Å². The highest BCUT2D eigenvalue weighted by molar-refractivity contribution is 6.31. The molecule has 1 N–H and O–H groups in total. The average Bonchev–Trinajstić information content (AvgIpc) is 2.55. The van der Waals surface area contributed by atoms with E-state index in [1.54, 1.807) is 0 Å². The van der Waals surface area contributed by atoms with Gasteiger partial charge >= 0.3 is 6.18 Å². The summed E-state index contributed by atoms with van der Waals surface area (Å²) >= 11 is 5.64. The van der Waals surface area contributed by atoms with Crippen LogP contribution in [0.4, 0.5) is 42.1 Å². The van der Waals surface area contributed by atoms with Crippen molar-refractivity contribution in [3.63, 3.8) is 0 Å². The lowest BCUT2D eigenvalue weighted by Gasteiger charge is -2.13. The number of nitro benzene ring substituents is 1. The summed E-state index contributed by atoms with van der Waals surface area (Å²) in [6.45, 7) is 0. The van der Waals surface area contributed by atoms with Crippen LogP contribution in [0.1, 0.15) is 11.1 Å². The predicted molar refractivity (Wildman–Crippen MR) is 80.6 cm³/mol. The molecule has 0 heterocycles. The molecule has 0 aromatic heterocycles. The van der Waals surface area contributed by atoms with Gasteiger partial charge in [-0.1, -0.05) is 11.6 Å². The third-order valence-electron chi connectivity index (χ3n) is 3.11. The maximum absolute atomic E-state index is 13.7. The molecule has 0 aliphatic carbocycles. The summed E-state index contributed by atoms with van der Waals surface area (Å²) in [7, 11) is 0. The second-order valence-corrected chi connectivity index (χ2v) is 5.27. The quantitative estimate of drug-likeness (QED) is 0.243.